The number of carboxylic acids is 1. The Morgan fingerprint density at radius 2 is 1.75 bits per heavy atom. The number of hydrogen-bond donors (Lipinski definition) is 1. The van der Waals surface area contributed by atoms with Gasteiger partial charge >= 0.3 is 5.97 Å². The lowest BCUT2D eigenvalue weighted by Gasteiger charge is -2.47. The van der Waals surface area contributed by atoms with E-state index in [4.69, 9.17) is 0 Å². The number of carboxylic acid groups (broad SMARTS) is 1. The minimum Gasteiger partial charge on any atom is -0.481 e. The molecule has 2 aliphatic rings. The van der Waals surface area contributed by atoms with Crippen LogP contribution < -0.4 is 0 Å². The Morgan fingerprint density at radius 3 is 2.12 bits per heavy atom. The van der Waals surface area contributed by atoms with Crippen molar-refractivity contribution in [1.82, 2.24) is 0 Å². The Balaban J connectivity index is 2.12. The van der Waals surface area contributed by atoms with Gasteiger partial charge in [-0.2, -0.15) is 0 Å². The van der Waals surface area contributed by atoms with Gasteiger partial charge in [0.25, 0.3) is 0 Å². The van der Waals surface area contributed by atoms with Crippen LogP contribution in [0.3, 0.4) is 0 Å². The Bertz CT molecular complexity index is 320. The summed E-state index contributed by atoms with van der Waals surface area (Å²) in [6.07, 6.45) is 0.202. The molecule has 0 radical (unpaired) electrons. The van der Waals surface area contributed by atoms with Gasteiger partial charge in [-0.1, -0.05) is 0 Å². The van der Waals surface area contributed by atoms with Crippen LogP contribution in [-0.4, -0.2) is 22.8 Å². The molecule has 5 heteroatoms. The molecule has 0 aromatic rings. The second-order valence-corrected chi connectivity index (χ2v) is 4.96. The summed E-state index contributed by atoms with van der Waals surface area (Å²) >= 11 is 0. The van der Waals surface area contributed by atoms with Gasteiger partial charge in [0.1, 0.15) is 5.78 Å². The minimum atomic E-state index is -2.70. The largest absolute Gasteiger partial charge is 0.481 e. The number of halogens is 2. The van der Waals surface area contributed by atoms with Gasteiger partial charge in [0.15, 0.2) is 0 Å². The third-order valence-corrected chi connectivity index (χ3v) is 4.00. The van der Waals surface area contributed by atoms with Crippen molar-refractivity contribution in [2.24, 2.45) is 11.3 Å². The van der Waals surface area contributed by atoms with Gasteiger partial charge in [0.2, 0.25) is 5.92 Å². The lowest BCUT2D eigenvalue weighted by Crippen LogP contribution is -2.51. The smallest absolute Gasteiger partial charge is 0.309 e. The summed E-state index contributed by atoms with van der Waals surface area (Å²) in [5, 5.41) is 9.22. The quantitative estimate of drug-likeness (QED) is 0.794. The molecule has 0 amide bonds. The molecule has 0 aromatic carbocycles. The van der Waals surface area contributed by atoms with Crippen molar-refractivity contribution in [3.63, 3.8) is 0 Å². The average molecular weight is 232 g/mol. The lowest BCUT2D eigenvalue weighted by atomic mass is 9.57. The zero-order valence-corrected chi connectivity index (χ0v) is 8.84. The molecule has 0 aliphatic heterocycles. The number of carbonyl (C=O) groups excluding carboxylic acids is 1. The van der Waals surface area contributed by atoms with E-state index >= 15 is 0 Å². The molecule has 0 unspecified atom stereocenters. The minimum absolute atomic E-state index is 0.0444. The van der Waals surface area contributed by atoms with Crippen LogP contribution in [0.25, 0.3) is 0 Å². The molecule has 0 spiro atoms. The summed E-state index contributed by atoms with van der Waals surface area (Å²) in [4.78, 5) is 22.4. The van der Waals surface area contributed by atoms with Gasteiger partial charge in [0.05, 0.1) is 5.41 Å². The molecule has 0 bridgehead atoms. The van der Waals surface area contributed by atoms with Crippen LogP contribution in [0.15, 0.2) is 0 Å². The zero-order valence-electron chi connectivity index (χ0n) is 8.84. The molecule has 0 atom stereocenters. The maximum Gasteiger partial charge on any atom is 0.309 e. The van der Waals surface area contributed by atoms with Crippen molar-refractivity contribution in [1.29, 1.82) is 0 Å². The number of rotatable bonds is 2. The summed E-state index contributed by atoms with van der Waals surface area (Å²) in [6, 6.07) is 0. The topological polar surface area (TPSA) is 54.4 Å². The van der Waals surface area contributed by atoms with E-state index in [-0.39, 0.29) is 44.3 Å². The summed E-state index contributed by atoms with van der Waals surface area (Å²) in [7, 11) is 0. The molecule has 90 valence electrons. The van der Waals surface area contributed by atoms with E-state index in [1.54, 1.807) is 0 Å². The van der Waals surface area contributed by atoms with Gasteiger partial charge in [0, 0.05) is 25.7 Å². The van der Waals surface area contributed by atoms with Crippen molar-refractivity contribution in [2.75, 3.05) is 0 Å². The molecular formula is C11H14F2O3. The number of carbonyl (C=O) groups is 2. The van der Waals surface area contributed by atoms with Crippen molar-refractivity contribution < 1.29 is 23.5 Å². The number of Topliss-reactive ketones (excluding diaryl/α,β-unsaturated/α-hetero) is 1. The zero-order chi connectivity index (χ0) is 12.0. The molecule has 2 saturated carbocycles. The first-order chi connectivity index (χ1) is 7.36. The highest BCUT2D eigenvalue weighted by Crippen LogP contribution is 2.55. The third-order valence-electron chi connectivity index (χ3n) is 4.00. The van der Waals surface area contributed by atoms with Crippen molar-refractivity contribution in [3.05, 3.63) is 0 Å². The first-order valence-electron chi connectivity index (χ1n) is 5.49. The number of ketones is 1. The summed E-state index contributed by atoms with van der Waals surface area (Å²) in [6.45, 7) is 0. The lowest BCUT2D eigenvalue weighted by molar-refractivity contribution is -0.182. The van der Waals surface area contributed by atoms with E-state index in [2.05, 4.69) is 0 Å². The first-order valence-corrected chi connectivity index (χ1v) is 5.49. The molecule has 3 nitrogen and oxygen atoms in total. The molecule has 2 aliphatic carbocycles. The molecule has 1 N–H and O–H groups in total. The third kappa shape index (κ3) is 1.72. The number of hydrogen-bond acceptors (Lipinski definition) is 2. The monoisotopic (exact) mass is 232 g/mol. The predicted molar refractivity (Wildman–Crippen MR) is 51.2 cm³/mol. The fourth-order valence-electron chi connectivity index (χ4n) is 2.82. The van der Waals surface area contributed by atoms with Gasteiger partial charge in [-0.05, 0) is 18.8 Å². The molecule has 0 saturated heterocycles. The van der Waals surface area contributed by atoms with Gasteiger partial charge in [-0.15, -0.1) is 0 Å². The fourth-order valence-corrected chi connectivity index (χ4v) is 2.82. The number of aliphatic carboxylic acids is 1. The van der Waals surface area contributed by atoms with Gasteiger partial charge in [-0.3, -0.25) is 9.59 Å². The Kier molecular flexibility index (Phi) is 2.51. The number of alkyl halides is 2. The van der Waals surface area contributed by atoms with Crippen LogP contribution in [0.4, 0.5) is 8.78 Å². The van der Waals surface area contributed by atoms with Crippen LogP contribution >= 0.6 is 0 Å². The predicted octanol–water partition coefficient (Wildman–Crippen LogP) is 2.25. The average Bonchev–Trinajstić information content (AvgIpc) is 2.15. The molecule has 16 heavy (non-hydrogen) atoms. The van der Waals surface area contributed by atoms with Crippen LogP contribution in [0, 0.1) is 11.3 Å². The van der Waals surface area contributed by atoms with E-state index in [1.807, 2.05) is 0 Å². The maximum atomic E-state index is 12.8. The molecule has 2 rings (SSSR count). The van der Waals surface area contributed by atoms with E-state index in [9.17, 15) is 23.5 Å². The second-order valence-electron chi connectivity index (χ2n) is 4.96. The highest BCUT2D eigenvalue weighted by molar-refractivity contribution is 5.84. The van der Waals surface area contributed by atoms with E-state index in [1.165, 1.54) is 0 Å². The summed E-state index contributed by atoms with van der Waals surface area (Å²) < 4.78 is 25.6. The van der Waals surface area contributed by atoms with E-state index in [0.717, 1.165) is 0 Å². The van der Waals surface area contributed by atoms with Crippen molar-refractivity contribution >= 4 is 11.8 Å². The van der Waals surface area contributed by atoms with E-state index in [0.29, 0.717) is 0 Å². The highest BCUT2D eigenvalue weighted by atomic mass is 19.3. The Hall–Kier alpha value is -1.00. The fraction of sp³-hybridized carbons (Fsp3) is 0.818. The molecule has 0 heterocycles. The van der Waals surface area contributed by atoms with Crippen LogP contribution in [0.1, 0.15) is 38.5 Å². The van der Waals surface area contributed by atoms with Crippen LogP contribution in [0.5, 0.6) is 0 Å². The molecular weight excluding hydrogens is 218 g/mol. The highest BCUT2D eigenvalue weighted by Gasteiger charge is 2.58. The standard InChI is InChI=1S/C11H14F2O3/c12-11(13)5-7(6-11)10(9(15)16)3-1-8(14)2-4-10/h7H,1-6H2,(H,15,16). The van der Waals surface area contributed by atoms with Gasteiger partial charge < -0.3 is 5.11 Å². The van der Waals surface area contributed by atoms with Crippen molar-refractivity contribution in [3.8, 4) is 0 Å². The summed E-state index contributed by atoms with van der Waals surface area (Å²) in [5.74, 6) is -4.13. The van der Waals surface area contributed by atoms with Crippen LogP contribution in [-0.2, 0) is 9.59 Å². The Labute approximate surface area is 91.8 Å². The molecule has 0 aromatic heterocycles. The van der Waals surface area contributed by atoms with Gasteiger partial charge in [-0.25, -0.2) is 8.78 Å². The van der Waals surface area contributed by atoms with Crippen molar-refractivity contribution in [2.45, 2.75) is 44.4 Å². The molecule has 2 fully saturated rings. The van der Waals surface area contributed by atoms with Crippen LogP contribution in [0.2, 0.25) is 0 Å². The normalized spacial score (nSPS) is 28.5. The summed E-state index contributed by atoms with van der Waals surface area (Å²) in [5.41, 5.74) is -1.07. The SMILES string of the molecule is O=C1CCC(C(=O)O)(C2CC(F)(F)C2)CC1. The first kappa shape index (κ1) is 11.5. The Morgan fingerprint density at radius 1 is 1.25 bits per heavy atom. The maximum absolute atomic E-state index is 12.8. The second kappa shape index (κ2) is 3.50. The van der Waals surface area contributed by atoms with E-state index < -0.39 is 23.2 Å².